The van der Waals surface area contributed by atoms with E-state index >= 15 is 0 Å². The molecule has 0 bridgehead atoms. The van der Waals surface area contributed by atoms with E-state index in [1.807, 2.05) is 11.4 Å². The fourth-order valence-electron chi connectivity index (χ4n) is 1.52. The second-order valence-corrected chi connectivity index (χ2v) is 4.76. The molecule has 0 saturated heterocycles. The van der Waals surface area contributed by atoms with E-state index in [2.05, 4.69) is 11.4 Å². The van der Waals surface area contributed by atoms with Crippen molar-refractivity contribution < 1.29 is 8.78 Å². The van der Waals surface area contributed by atoms with Crippen molar-refractivity contribution in [2.24, 2.45) is 0 Å². The topological polar surface area (TPSA) is 12.0 Å². The zero-order chi connectivity index (χ0) is 12.1. The van der Waals surface area contributed by atoms with Gasteiger partial charge in [-0.15, -0.1) is 11.3 Å². The first-order valence-corrected chi connectivity index (χ1v) is 6.24. The van der Waals surface area contributed by atoms with Gasteiger partial charge in [0.1, 0.15) is 0 Å². The van der Waals surface area contributed by atoms with E-state index in [4.69, 9.17) is 0 Å². The van der Waals surface area contributed by atoms with E-state index in [0.29, 0.717) is 6.54 Å². The van der Waals surface area contributed by atoms with E-state index in [1.54, 1.807) is 23.5 Å². The molecule has 90 valence electrons. The summed E-state index contributed by atoms with van der Waals surface area (Å²) in [6.07, 6.45) is -2.39. The molecule has 0 saturated carbocycles. The molecular formula is C13H13F2NS. The number of halogens is 2. The van der Waals surface area contributed by atoms with Crippen molar-refractivity contribution in [3.63, 3.8) is 0 Å². The maximum absolute atomic E-state index is 12.3. The molecule has 0 spiro atoms. The lowest BCUT2D eigenvalue weighted by Gasteiger charge is -2.05. The molecule has 0 radical (unpaired) electrons. The molecule has 2 aromatic rings. The first kappa shape index (κ1) is 12.2. The van der Waals surface area contributed by atoms with Crippen LogP contribution in [0.5, 0.6) is 0 Å². The summed E-state index contributed by atoms with van der Waals surface area (Å²) in [6.45, 7) is 1.51. The van der Waals surface area contributed by atoms with Crippen LogP contribution in [0.2, 0.25) is 0 Å². The normalized spacial score (nSPS) is 11.0. The lowest BCUT2D eigenvalue weighted by Crippen LogP contribution is -2.11. The molecule has 0 atom stereocenters. The van der Waals surface area contributed by atoms with Gasteiger partial charge in [0, 0.05) is 23.5 Å². The van der Waals surface area contributed by atoms with Crippen molar-refractivity contribution in [3.8, 4) is 0 Å². The average molecular weight is 253 g/mol. The Balaban J connectivity index is 1.83. The summed E-state index contributed by atoms with van der Waals surface area (Å²) in [6, 6.07) is 10.5. The predicted molar refractivity (Wildman–Crippen MR) is 66.3 cm³/mol. The Morgan fingerprint density at radius 1 is 1.06 bits per heavy atom. The summed E-state index contributed by atoms with van der Waals surface area (Å²) in [5, 5.41) is 5.31. The molecule has 1 nitrogen and oxygen atoms in total. The van der Waals surface area contributed by atoms with E-state index in [9.17, 15) is 8.78 Å². The molecule has 1 aromatic carbocycles. The number of alkyl halides is 2. The Bertz CT molecular complexity index is 437. The fraction of sp³-hybridized carbons (Fsp3) is 0.231. The number of rotatable bonds is 5. The molecule has 2 rings (SSSR count). The van der Waals surface area contributed by atoms with Gasteiger partial charge in [0.15, 0.2) is 0 Å². The first-order valence-electron chi connectivity index (χ1n) is 5.36. The van der Waals surface area contributed by atoms with Crippen LogP contribution in [0, 0.1) is 0 Å². The van der Waals surface area contributed by atoms with Crippen molar-refractivity contribution in [2.75, 3.05) is 0 Å². The molecular weight excluding hydrogens is 240 g/mol. The number of benzene rings is 1. The monoisotopic (exact) mass is 253 g/mol. The highest BCUT2D eigenvalue weighted by molar-refractivity contribution is 7.09. The van der Waals surface area contributed by atoms with Gasteiger partial charge in [-0.2, -0.15) is 0 Å². The summed E-state index contributed by atoms with van der Waals surface area (Å²) in [4.78, 5) is 1.27. The van der Waals surface area contributed by atoms with Crippen LogP contribution in [0.1, 0.15) is 22.4 Å². The van der Waals surface area contributed by atoms with Crippen molar-refractivity contribution in [1.82, 2.24) is 5.32 Å². The van der Waals surface area contributed by atoms with Crippen LogP contribution in [-0.4, -0.2) is 0 Å². The highest BCUT2D eigenvalue weighted by Crippen LogP contribution is 2.18. The largest absolute Gasteiger partial charge is 0.308 e. The van der Waals surface area contributed by atoms with Crippen LogP contribution >= 0.6 is 11.3 Å². The molecule has 0 aliphatic rings. The number of thiophene rings is 1. The molecule has 1 heterocycles. The van der Waals surface area contributed by atoms with Crippen LogP contribution < -0.4 is 5.32 Å². The Kier molecular flexibility index (Phi) is 4.23. The van der Waals surface area contributed by atoms with Gasteiger partial charge in [0.05, 0.1) is 0 Å². The Morgan fingerprint density at radius 3 is 2.41 bits per heavy atom. The quantitative estimate of drug-likeness (QED) is 0.850. The first-order chi connectivity index (χ1) is 8.25. The predicted octanol–water partition coefficient (Wildman–Crippen LogP) is 3.98. The lowest BCUT2D eigenvalue weighted by molar-refractivity contribution is 0.151. The Labute approximate surface area is 103 Å². The van der Waals surface area contributed by atoms with Crippen LogP contribution in [0.25, 0.3) is 0 Å². The average Bonchev–Trinajstić information content (AvgIpc) is 2.83. The number of hydrogen-bond acceptors (Lipinski definition) is 2. The SMILES string of the molecule is FC(F)c1ccc(CNCc2cccs2)cc1. The van der Waals surface area contributed by atoms with Crippen molar-refractivity contribution in [3.05, 3.63) is 57.8 Å². The maximum atomic E-state index is 12.3. The van der Waals surface area contributed by atoms with Crippen LogP contribution in [0.3, 0.4) is 0 Å². The van der Waals surface area contributed by atoms with Crippen LogP contribution in [-0.2, 0) is 13.1 Å². The summed E-state index contributed by atoms with van der Waals surface area (Å²) >= 11 is 1.70. The zero-order valence-corrected chi connectivity index (χ0v) is 10.0. The third-order valence-corrected chi connectivity index (χ3v) is 3.32. The van der Waals surface area contributed by atoms with Crippen molar-refractivity contribution >= 4 is 11.3 Å². The molecule has 0 fully saturated rings. The lowest BCUT2D eigenvalue weighted by atomic mass is 10.1. The summed E-state index contributed by atoms with van der Waals surface area (Å²) < 4.78 is 24.6. The van der Waals surface area contributed by atoms with Gasteiger partial charge in [0.2, 0.25) is 0 Å². The van der Waals surface area contributed by atoms with Gasteiger partial charge in [-0.3, -0.25) is 0 Å². The van der Waals surface area contributed by atoms with Crippen LogP contribution in [0.15, 0.2) is 41.8 Å². The number of hydrogen-bond donors (Lipinski definition) is 1. The third-order valence-electron chi connectivity index (χ3n) is 2.44. The van der Waals surface area contributed by atoms with Crippen LogP contribution in [0.4, 0.5) is 8.78 Å². The second kappa shape index (κ2) is 5.89. The number of nitrogens with one attached hydrogen (secondary N) is 1. The van der Waals surface area contributed by atoms with E-state index in [-0.39, 0.29) is 5.56 Å². The molecule has 1 N–H and O–H groups in total. The van der Waals surface area contributed by atoms with Crippen molar-refractivity contribution in [1.29, 1.82) is 0 Å². The maximum Gasteiger partial charge on any atom is 0.263 e. The second-order valence-electron chi connectivity index (χ2n) is 3.73. The van der Waals surface area contributed by atoms with Gasteiger partial charge < -0.3 is 5.32 Å². The Hall–Kier alpha value is -1.26. The van der Waals surface area contributed by atoms with Gasteiger partial charge in [0.25, 0.3) is 6.43 Å². The standard InChI is InChI=1S/C13H13F2NS/c14-13(15)11-5-3-10(4-6-11)8-16-9-12-2-1-7-17-12/h1-7,13,16H,8-9H2. The molecule has 0 aliphatic carbocycles. The molecule has 0 amide bonds. The van der Waals surface area contributed by atoms with Gasteiger partial charge in [-0.1, -0.05) is 30.3 Å². The molecule has 17 heavy (non-hydrogen) atoms. The van der Waals surface area contributed by atoms with E-state index in [0.717, 1.165) is 12.1 Å². The minimum Gasteiger partial charge on any atom is -0.308 e. The molecule has 1 aromatic heterocycles. The van der Waals surface area contributed by atoms with Gasteiger partial charge in [-0.25, -0.2) is 8.78 Å². The molecule has 0 unspecified atom stereocenters. The summed E-state index contributed by atoms with van der Waals surface area (Å²) in [5.74, 6) is 0. The summed E-state index contributed by atoms with van der Waals surface area (Å²) in [5.41, 5.74) is 1.10. The highest BCUT2D eigenvalue weighted by Gasteiger charge is 2.05. The molecule has 0 aliphatic heterocycles. The fourth-order valence-corrected chi connectivity index (χ4v) is 2.20. The minimum atomic E-state index is -2.39. The minimum absolute atomic E-state index is 0.0759. The highest BCUT2D eigenvalue weighted by atomic mass is 32.1. The Morgan fingerprint density at radius 2 is 1.82 bits per heavy atom. The van der Waals surface area contributed by atoms with Crippen molar-refractivity contribution in [2.45, 2.75) is 19.5 Å². The van der Waals surface area contributed by atoms with Gasteiger partial charge in [-0.05, 0) is 17.0 Å². The smallest absolute Gasteiger partial charge is 0.263 e. The third kappa shape index (κ3) is 3.61. The van der Waals surface area contributed by atoms with E-state index in [1.165, 1.54) is 17.0 Å². The van der Waals surface area contributed by atoms with Gasteiger partial charge >= 0.3 is 0 Å². The zero-order valence-electron chi connectivity index (χ0n) is 9.20. The summed E-state index contributed by atoms with van der Waals surface area (Å²) in [7, 11) is 0. The molecule has 4 heteroatoms. The van der Waals surface area contributed by atoms with E-state index < -0.39 is 6.43 Å².